The number of hydrogen-bond donors (Lipinski definition) is 2. The number of nitrogens with zero attached hydrogens (tertiary/aromatic N) is 1. The molecule has 2 amide bonds. The number of halogens is 1. The van der Waals surface area contributed by atoms with Crippen LogP contribution < -0.4 is 10.8 Å². The summed E-state index contributed by atoms with van der Waals surface area (Å²) >= 11 is 5.84. The molecule has 0 heterocycles. The normalized spacial score (nSPS) is 10.5. The lowest BCUT2D eigenvalue weighted by Gasteiger charge is -2.18. The van der Waals surface area contributed by atoms with Crippen molar-refractivity contribution in [2.45, 2.75) is 6.92 Å². The zero-order valence-electron chi connectivity index (χ0n) is 14.5. The van der Waals surface area contributed by atoms with Crippen LogP contribution in [0.4, 0.5) is 5.69 Å². The van der Waals surface area contributed by atoms with Gasteiger partial charge in [0.1, 0.15) is 0 Å². The van der Waals surface area contributed by atoms with E-state index >= 15 is 0 Å². The molecule has 0 aliphatic heterocycles. The van der Waals surface area contributed by atoms with Gasteiger partial charge in [-0.2, -0.15) is 5.06 Å². The third-order valence-electron chi connectivity index (χ3n) is 4.29. The number of hydroxylamine groups is 1. The van der Waals surface area contributed by atoms with Crippen LogP contribution in [0.1, 0.15) is 26.3 Å². The first-order chi connectivity index (χ1) is 12.9. The van der Waals surface area contributed by atoms with Crippen molar-refractivity contribution in [1.29, 1.82) is 0 Å². The Kier molecular flexibility index (Phi) is 5.26. The number of nitrogens with two attached hydrogens (primary N) is 1. The molecule has 0 radical (unpaired) electrons. The van der Waals surface area contributed by atoms with Crippen LogP contribution in [0.25, 0.3) is 11.1 Å². The van der Waals surface area contributed by atoms with Crippen LogP contribution in [-0.4, -0.2) is 17.0 Å². The zero-order valence-corrected chi connectivity index (χ0v) is 15.3. The minimum atomic E-state index is -0.567. The Morgan fingerprint density at radius 2 is 1.67 bits per heavy atom. The van der Waals surface area contributed by atoms with Gasteiger partial charge < -0.3 is 5.73 Å². The standard InChI is InChI=1S/C21H17ClN2O3/c1-13-18(14-4-2-5-15(12-14)20(23)25)6-3-7-19(13)21(26)24(27)17-10-8-16(22)9-11-17/h2-12,27H,1H3,(H2,23,25). The van der Waals surface area contributed by atoms with Crippen molar-refractivity contribution in [3.8, 4) is 11.1 Å². The van der Waals surface area contributed by atoms with Crippen molar-refractivity contribution < 1.29 is 14.8 Å². The quantitative estimate of drug-likeness (QED) is 0.518. The highest BCUT2D eigenvalue weighted by molar-refractivity contribution is 6.30. The maximum absolute atomic E-state index is 12.8. The molecule has 0 saturated carbocycles. The highest BCUT2D eigenvalue weighted by atomic mass is 35.5. The van der Waals surface area contributed by atoms with E-state index in [4.69, 9.17) is 17.3 Å². The minimum absolute atomic E-state index is 0.310. The van der Waals surface area contributed by atoms with Gasteiger partial charge in [-0.1, -0.05) is 35.9 Å². The van der Waals surface area contributed by atoms with Crippen molar-refractivity contribution in [3.63, 3.8) is 0 Å². The number of primary amides is 1. The number of anilines is 1. The topological polar surface area (TPSA) is 83.6 Å². The molecule has 6 heteroatoms. The van der Waals surface area contributed by atoms with Crippen molar-refractivity contribution in [3.05, 3.63) is 88.4 Å². The van der Waals surface area contributed by atoms with Crippen LogP contribution in [0.5, 0.6) is 0 Å². The van der Waals surface area contributed by atoms with E-state index in [1.54, 1.807) is 61.5 Å². The van der Waals surface area contributed by atoms with E-state index in [9.17, 15) is 14.8 Å². The molecule has 0 aliphatic rings. The molecular weight excluding hydrogens is 364 g/mol. The summed E-state index contributed by atoms with van der Waals surface area (Å²) in [6.45, 7) is 1.79. The highest BCUT2D eigenvalue weighted by Crippen LogP contribution is 2.28. The number of benzene rings is 3. The molecule has 0 aromatic heterocycles. The Hall–Kier alpha value is -3.15. The first-order valence-corrected chi connectivity index (χ1v) is 8.55. The molecule has 3 N–H and O–H groups in total. The van der Waals surface area contributed by atoms with E-state index in [1.165, 1.54) is 0 Å². The first-order valence-electron chi connectivity index (χ1n) is 8.17. The fourth-order valence-electron chi connectivity index (χ4n) is 2.83. The van der Waals surface area contributed by atoms with Crippen LogP contribution in [0.15, 0.2) is 66.7 Å². The lowest BCUT2D eigenvalue weighted by molar-refractivity contribution is 0.0854. The number of rotatable bonds is 4. The lowest BCUT2D eigenvalue weighted by atomic mass is 9.95. The predicted octanol–water partition coefficient (Wildman–Crippen LogP) is 4.45. The van der Waals surface area contributed by atoms with Gasteiger partial charge in [0.2, 0.25) is 5.91 Å². The summed E-state index contributed by atoms with van der Waals surface area (Å²) in [6.07, 6.45) is 0. The second-order valence-corrected chi connectivity index (χ2v) is 6.45. The maximum atomic E-state index is 12.8. The highest BCUT2D eigenvalue weighted by Gasteiger charge is 2.19. The van der Waals surface area contributed by atoms with Gasteiger partial charge in [-0.05, 0) is 66.1 Å². The molecule has 5 nitrogen and oxygen atoms in total. The average Bonchev–Trinajstić information content (AvgIpc) is 2.68. The smallest absolute Gasteiger partial charge is 0.282 e. The molecule has 0 aliphatic carbocycles. The van der Waals surface area contributed by atoms with Crippen LogP contribution in [0.2, 0.25) is 5.02 Å². The Morgan fingerprint density at radius 3 is 2.33 bits per heavy atom. The molecule has 3 aromatic rings. The minimum Gasteiger partial charge on any atom is -0.366 e. The molecule has 0 unspecified atom stereocenters. The second-order valence-electron chi connectivity index (χ2n) is 6.02. The summed E-state index contributed by atoms with van der Waals surface area (Å²) in [5.74, 6) is -1.09. The Morgan fingerprint density at radius 1 is 1.00 bits per heavy atom. The first kappa shape index (κ1) is 18.6. The van der Waals surface area contributed by atoms with Crippen LogP contribution in [0, 0.1) is 6.92 Å². The molecule has 3 rings (SSSR count). The largest absolute Gasteiger partial charge is 0.366 e. The van der Waals surface area contributed by atoms with Gasteiger partial charge in [-0.3, -0.25) is 14.8 Å². The van der Waals surface area contributed by atoms with E-state index < -0.39 is 11.8 Å². The zero-order chi connectivity index (χ0) is 19.6. The fourth-order valence-corrected chi connectivity index (χ4v) is 2.96. The van der Waals surface area contributed by atoms with Gasteiger partial charge in [0.05, 0.1) is 5.69 Å². The third kappa shape index (κ3) is 3.84. The third-order valence-corrected chi connectivity index (χ3v) is 4.54. The summed E-state index contributed by atoms with van der Waals surface area (Å²) in [4.78, 5) is 24.2. The monoisotopic (exact) mass is 380 g/mol. The van der Waals surface area contributed by atoms with Gasteiger partial charge in [-0.25, -0.2) is 0 Å². The van der Waals surface area contributed by atoms with Gasteiger partial charge in [0.15, 0.2) is 0 Å². The maximum Gasteiger partial charge on any atom is 0.282 e. The van der Waals surface area contributed by atoms with Crippen molar-refractivity contribution in [2.75, 3.05) is 5.06 Å². The molecule has 3 aromatic carbocycles. The van der Waals surface area contributed by atoms with Crippen molar-refractivity contribution in [2.24, 2.45) is 5.73 Å². The average molecular weight is 381 g/mol. The molecule has 136 valence electrons. The van der Waals surface area contributed by atoms with E-state index in [2.05, 4.69) is 0 Å². The summed E-state index contributed by atoms with van der Waals surface area (Å²) in [5, 5.41) is 11.4. The lowest BCUT2D eigenvalue weighted by Crippen LogP contribution is -2.27. The number of amides is 2. The summed E-state index contributed by atoms with van der Waals surface area (Å²) < 4.78 is 0. The second kappa shape index (κ2) is 7.61. The number of carbonyl (C=O) groups excluding carboxylic acids is 2. The number of hydrogen-bond acceptors (Lipinski definition) is 3. The molecule has 0 atom stereocenters. The molecule has 0 spiro atoms. The Bertz CT molecular complexity index is 1020. The van der Waals surface area contributed by atoms with E-state index in [1.807, 2.05) is 12.1 Å². The molecular formula is C21H17ClN2O3. The van der Waals surface area contributed by atoms with Crippen molar-refractivity contribution in [1.82, 2.24) is 0 Å². The van der Waals surface area contributed by atoms with E-state index in [-0.39, 0.29) is 0 Å². The SMILES string of the molecule is Cc1c(C(=O)N(O)c2ccc(Cl)cc2)cccc1-c1cccc(C(N)=O)c1. The summed E-state index contributed by atoms with van der Waals surface area (Å²) in [6, 6.07) is 18.4. The molecule has 0 bridgehead atoms. The molecule has 0 fully saturated rings. The van der Waals surface area contributed by atoms with E-state index in [0.717, 1.165) is 11.1 Å². The van der Waals surface area contributed by atoms with Crippen LogP contribution in [0.3, 0.4) is 0 Å². The molecule has 0 saturated heterocycles. The van der Waals surface area contributed by atoms with Crippen molar-refractivity contribution >= 4 is 29.1 Å². The number of carbonyl (C=O) groups is 2. The summed E-state index contributed by atoms with van der Waals surface area (Å²) in [7, 11) is 0. The van der Waals surface area contributed by atoms with Gasteiger partial charge in [0, 0.05) is 16.1 Å². The van der Waals surface area contributed by atoms with Crippen LogP contribution >= 0.6 is 11.6 Å². The Balaban J connectivity index is 1.99. The van der Waals surface area contributed by atoms with Gasteiger partial charge >= 0.3 is 0 Å². The predicted molar refractivity (Wildman–Crippen MR) is 105 cm³/mol. The summed E-state index contributed by atoms with van der Waals surface area (Å²) in [5.41, 5.74) is 8.59. The van der Waals surface area contributed by atoms with Gasteiger partial charge in [0.25, 0.3) is 5.91 Å². The fraction of sp³-hybridized carbons (Fsp3) is 0.0476. The van der Waals surface area contributed by atoms with Crippen LogP contribution in [-0.2, 0) is 0 Å². The Labute approximate surface area is 161 Å². The molecule has 27 heavy (non-hydrogen) atoms. The van der Waals surface area contributed by atoms with Gasteiger partial charge in [-0.15, -0.1) is 0 Å². The van der Waals surface area contributed by atoms with E-state index in [0.29, 0.717) is 32.5 Å².